The van der Waals surface area contributed by atoms with Crippen LogP contribution in [0.25, 0.3) is 10.8 Å². The van der Waals surface area contributed by atoms with Gasteiger partial charge in [-0.25, -0.2) is 8.42 Å². The van der Waals surface area contributed by atoms with E-state index in [0.29, 0.717) is 28.0 Å². The van der Waals surface area contributed by atoms with E-state index in [1.54, 1.807) is 30.3 Å². The number of phenolic OH excluding ortho intramolecular Hbond substituents is 1. The standard InChI is InChI=1S/C26H23N3O7S/c1-34-17-9-11-18(12-10-17)37(32,33)29-21-15-22(25(30)20-7-5-4-6-19(20)21)27-28-26(31)16-8-13-23(35-2)24(14-16)36-3/h4-15,29-30H,1-3H3. The minimum atomic E-state index is -4.00. The van der Waals surface area contributed by atoms with Crippen molar-refractivity contribution in [3.63, 3.8) is 0 Å². The summed E-state index contributed by atoms with van der Waals surface area (Å²) in [5, 5.41) is 19.2. The van der Waals surface area contributed by atoms with Gasteiger partial charge in [0.25, 0.3) is 15.9 Å². The normalized spacial score (nSPS) is 11.4. The smallest absolute Gasteiger partial charge is 0.295 e. The van der Waals surface area contributed by atoms with Gasteiger partial charge in [0.1, 0.15) is 11.4 Å². The monoisotopic (exact) mass is 521 g/mol. The molecular weight excluding hydrogens is 498 g/mol. The Morgan fingerprint density at radius 3 is 2.16 bits per heavy atom. The third-order valence-corrected chi connectivity index (χ3v) is 6.87. The number of nitrogens with one attached hydrogen (secondary N) is 1. The fourth-order valence-electron chi connectivity index (χ4n) is 3.59. The molecule has 0 aliphatic heterocycles. The molecule has 0 saturated carbocycles. The van der Waals surface area contributed by atoms with E-state index >= 15 is 0 Å². The molecule has 0 bridgehead atoms. The second-order valence-electron chi connectivity index (χ2n) is 7.69. The number of methoxy groups -OCH3 is 3. The minimum Gasteiger partial charge on any atom is -0.505 e. The first kappa shape index (κ1) is 25.5. The van der Waals surface area contributed by atoms with Gasteiger partial charge in [-0.3, -0.25) is 9.52 Å². The maximum Gasteiger partial charge on any atom is 0.295 e. The molecule has 1 amide bonds. The molecule has 0 fully saturated rings. The number of carbonyl (C=O) groups is 1. The Balaban J connectivity index is 1.71. The topological polar surface area (TPSA) is 136 Å². The lowest BCUT2D eigenvalue weighted by Crippen LogP contribution is -2.13. The highest BCUT2D eigenvalue weighted by molar-refractivity contribution is 7.92. The molecule has 0 saturated heterocycles. The van der Waals surface area contributed by atoms with E-state index in [1.165, 1.54) is 63.8 Å². The molecule has 190 valence electrons. The molecule has 0 aliphatic rings. The van der Waals surface area contributed by atoms with Crippen LogP contribution in [0.5, 0.6) is 23.0 Å². The van der Waals surface area contributed by atoms with Gasteiger partial charge < -0.3 is 19.3 Å². The van der Waals surface area contributed by atoms with E-state index < -0.39 is 15.9 Å². The molecule has 2 N–H and O–H groups in total. The molecule has 0 atom stereocenters. The summed E-state index contributed by atoms with van der Waals surface area (Å²) < 4.78 is 44.1. The summed E-state index contributed by atoms with van der Waals surface area (Å²) in [6.45, 7) is 0. The van der Waals surface area contributed by atoms with Crippen molar-refractivity contribution < 1.29 is 32.5 Å². The van der Waals surface area contributed by atoms with Crippen molar-refractivity contribution >= 4 is 38.1 Å². The first-order valence-electron chi connectivity index (χ1n) is 10.9. The third kappa shape index (κ3) is 5.31. The summed E-state index contributed by atoms with van der Waals surface area (Å²) >= 11 is 0. The van der Waals surface area contributed by atoms with E-state index in [1.807, 2.05) is 0 Å². The number of rotatable bonds is 8. The van der Waals surface area contributed by atoms with Crippen molar-refractivity contribution in [1.29, 1.82) is 0 Å². The summed E-state index contributed by atoms with van der Waals surface area (Å²) in [6, 6.07) is 18.3. The van der Waals surface area contributed by atoms with Gasteiger partial charge in [0.2, 0.25) is 0 Å². The summed E-state index contributed by atoms with van der Waals surface area (Å²) in [6.07, 6.45) is 0. The highest BCUT2D eigenvalue weighted by Gasteiger charge is 2.19. The van der Waals surface area contributed by atoms with Crippen molar-refractivity contribution in [2.24, 2.45) is 10.2 Å². The van der Waals surface area contributed by atoms with Crippen LogP contribution >= 0.6 is 0 Å². The SMILES string of the molecule is COc1ccc(S(=O)(=O)Nc2cc(N=NC(=O)c3ccc(OC)c(OC)c3)c(O)c3ccccc23)cc1. The van der Waals surface area contributed by atoms with Crippen molar-refractivity contribution in [1.82, 2.24) is 0 Å². The molecular formula is C26H23N3O7S. The van der Waals surface area contributed by atoms with Crippen LogP contribution in [-0.4, -0.2) is 40.8 Å². The Kier molecular flexibility index (Phi) is 7.25. The molecule has 4 aromatic rings. The number of ether oxygens (including phenoxy) is 3. The number of hydrogen-bond donors (Lipinski definition) is 2. The van der Waals surface area contributed by atoms with Crippen LogP contribution in [0.3, 0.4) is 0 Å². The van der Waals surface area contributed by atoms with E-state index in [2.05, 4.69) is 15.0 Å². The first-order chi connectivity index (χ1) is 17.8. The number of phenols is 1. The molecule has 0 heterocycles. The number of benzene rings is 4. The number of azo groups is 1. The minimum absolute atomic E-state index is 0.0114. The van der Waals surface area contributed by atoms with Crippen LogP contribution in [0.4, 0.5) is 11.4 Å². The molecule has 0 unspecified atom stereocenters. The van der Waals surface area contributed by atoms with Gasteiger partial charge in [0.15, 0.2) is 17.2 Å². The number of hydrogen-bond acceptors (Lipinski definition) is 8. The highest BCUT2D eigenvalue weighted by atomic mass is 32.2. The van der Waals surface area contributed by atoms with Crippen LogP contribution in [0.2, 0.25) is 0 Å². The predicted octanol–water partition coefficient (Wildman–Crippen LogP) is 5.30. The lowest BCUT2D eigenvalue weighted by molar-refractivity contribution is 0.0994. The Bertz CT molecular complexity index is 1600. The average Bonchev–Trinajstić information content (AvgIpc) is 2.93. The molecule has 0 aliphatic carbocycles. The summed E-state index contributed by atoms with van der Waals surface area (Å²) in [4.78, 5) is 12.7. The predicted molar refractivity (Wildman–Crippen MR) is 138 cm³/mol. The van der Waals surface area contributed by atoms with Crippen molar-refractivity contribution in [3.8, 4) is 23.0 Å². The van der Waals surface area contributed by atoms with Gasteiger partial charge >= 0.3 is 0 Å². The number of nitrogens with zero attached hydrogens (tertiary/aromatic N) is 2. The van der Waals surface area contributed by atoms with E-state index in [-0.39, 0.29) is 27.6 Å². The van der Waals surface area contributed by atoms with Gasteiger partial charge in [-0.15, -0.1) is 10.2 Å². The second kappa shape index (κ2) is 10.5. The molecule has 37 heavy (non-hydrogen) atoms. The zero-order valence-electron chi connectivity index (χ0n) is 20.1. The molecule has 0 spiro atoms. The summed E-state index contributed by atoms with van der Waals surface area (Å²) in [5.74, 6) is 0.334. The second-order valence-corrected chi connectivity index (χ2v) is 9.38. The fraction of sp³-hybridized carbons (Fsp3) is 0.115. The largest absolute Gasteiger partial charge is 0.505 e. The van der Waals surface area contributed by atoms with Crippen molar-refractivity contribution in [2.45, 2.75) is 4.90 Å². The number of carbonyl (C=O) groups excluding carboxylic acids is 1. The van der Waals surface area contributed by atoms with Crippen LogP contribution in [0.1, 0.15) is 10.4 Å². The lowest BCUT2D eigenvalue weighted by atomic mass is 10.1. The molecule has 0 aromatic heterocycles. The van der Waals surface area contributed by atoms with Gasteiger partial charge in [-0.2, -0.15) is 0 Å². The third-order valence-electron chi connectivity index (χ3n) is 5.49. The highest BCUT2D eigenvalue weighted by Crippen LogP contribution is 2.40. The Hall–Kier alpha value is -4.64. The Morgan fingerprint density at radius 1 is 0.838 bits per heavy atom. The van der Waals surface area contributed by atoms with Crippen molar-refractivity contribution in [3.05, 3.63) is 78.4 Å². The number of amides is 1. The zero-order chi connectivity index (χ0) is 26.6. The molecule has 4 rings (SSSR count). The first-order valence-corrected chi connectivity index (χ1v) is 12.4. The number of sulfonamides is 1. The van der Waals surface area contributed by atoms with E-state index in [4.69, 9.17) is 14.2 Å². The van der Waals surface area contributed by atoms with Crippen LogP contribution in [0.15, 0.2) is 87.9 Å². The summed E-state index contributed by atoms with van der Waals surface area (Å²) in [5.41, 5.74) is 0.235. The maximum absolute atomic E-state index is 13.1. The van der Waals surface area contributed by atoms with Gasteiger partial charge in [-0.05, 0) is 48.5 Å². The fourth-order valence-corrected chi connectivity index (χ4v) is 4.66. The van der Waals surface area contributed by atoms with E-state index in [9.17, 15) is 18.3 Å². The van der Waals surface area contributed by atoms with Gasteiger partial charge in [-0.1, -0.05) is 24.3 Å². The summed E-state index contributed by atoms with van der Waals surface area (Å²) in [7, 11) is 0.396. The Labute approximate surface area is 213 Å². The number of fused-ring (bicyclic) bond motifs is 1. The van der Waals surface area contributed by atoms with E-state index in [0.717, 1.165) is 0 Å². The number of aromatic hydroxyl groups is 1. The van der Waals surface area contributed by atoms with Crippen molar-refractivity contribution in [2.75, 3.05) is 26.1 Å². The molecule has 11 heteroatoms. The van der Waals surface area contributed by atoms with Gasteiger partial charge in [0.05, 0.1) is 31.9 Å². The molecule has 4 aromatic carbocycles. The molecule has 0 radical (unpaired) electrons. The Morgan fingerprint density at radius 2 is 1.51 bits per heavy atom. The zero-order valence-corrected chi connectivity index (χ0v) is 20.9. The number of anilines is 1. The quantitative estimate of drug-likeness (QED) is 0.237. The average molecular weight is 522 g/mol. The lowest BCUT2D eigenvalue weighted by Gasteiger charge is -2.13. The van der Waals surface area contributed by atoms with Crippen LogP contribution in [0, 0.1) is 0 Å². The van der Waals surface area contributed by atoms with Crippen LogP contribution in [-0.2, 0) is 10.0 Å². The van der Waals surface area contributed by atoms with Crippen LogP contribution < -0.4 is 18.9 Å². The molecule has 10 nitrogen and oxygen atoms in total. The van der Waals surface area contributed by atoms with Gasteiger partial charge in [0, 0.05) is 16.3 Å². The maximum atomic E-state index is 13.1.